The van der Waals surface area contributed by atoms with Crippen LogP contribution in [0.4, 0.5) is 5.69 Å². The highest BCUT2D eigenvalue weighted by atomic mass is 32.2. The summed E-state index contributed by atoms with van der Waals surface area (Å²) in [6.45, 7) is -0.271. The molecule has 1 fully saturated rings. The summed E-state index contributed by atoms with van der Waals surface area (Å²) in [5.41, 5.74) is 0.422. The highest BCUT2D eigenvalue weighted by molar-refractivity contribution is 7.89. The highest BCUT2D eigenvalue weighted by Gasteiger charge is 2.44. The summed E-state index contributed by atoms with van der Waals surface area (Å²) in [5.74, 6) is -1.67. The lowest BCUT2D eigenvalue weighted by Gasteiger charge is -2.27. The predicted molar refractivity (Wildman–Crippen MR) is 143 cm³/mol. The quantitative estimate of drug-likeness (QED) is 0.351. The van der Waals surface area contributed by atoms with Gasteiger partial charge in [0, 0.05) is 18.8 Å². The van der Waals surface area contributed by atoms with Crippen LogP contribution in [0, 0.1) is 0 Å². The molecule has 1 saturated heterocycles. The van der Waals surface area contributed by atoms with Gasteiger partial charge in [-0.15, -0.1) is 0 Å². The largest absolute Gasteiger partial charge is 0.465 e. The van der Waals surface area contributed by atoms with Crippen LogP contribution < -0.4 is 5.32 Å². The van der Waals surface area contributed by atoms with E-state index in [9.17, 15) is 22.8 Å². The number of rotatable bonds is 7. The third-order valence-corrected chi connectivity index (χ3v) is 8.45. The molecule has 1 N–H and O–H groups in total. The van der Waals surface area contributed by atoms with Crippen LogP contribution in [0.2, 0.25) is 0 Å². The summed E-state index contributed by atoms with van der Waals surface area (Å²) in [7, 11) is -1.33. The number of benzene rings is 3. The van der Waals surface area contributed by atoms with Gasteiger partial charge in [-0.3, -0.25) is 9.59 Å². The summed E-state index contributed by atoms with van der Waals surface area (Å²) in [6.07, 6.45) is 0.214. The van der Waals surface area contributed by atoms with E-state index in [1.807, 2.05) is 24.3 Å². The van der Waals surface area contributed by atoms with Crippen molar-refractivity contribution in [2.75, 3.05) is 32.6 Å². The molecule has 2 atom stereocenters. The molecule has 194 valence electrons. The Morgan fingerprint density at radius 1 is 1.05 bits per heavy atom. The summed E-state index contributed by atoms with van der Waals surface area (Å²) >= 11 is 4.45. The van der Waals surface area contributed by atoms with Crippen LogP contribution in [0.5, 0.6) is 0 Å². The number of nitrogens with zero attached hydrogens (tertiary/aromatic N) is 2. The van der Waals surface area contributed by atoms with Gasteiger partial charge in [0.15, 0.2) is 0 Å². The van der Waals surface area contributed by atoms with Crippen LogP contribution in [0.3, 0.4) is 0 Å². The van der Waals surface area contributed by atoms with E-state index < -0.39 is 33.8 Å². The number of hydrogen-bond acceptors (Lipinski definition) is 7. The van der Waals surface area contributed by atoms with Crippen molar-refractivity contribution in [2.45, 2.75) is 22.6 Å². The van der Waals surface area contributed by atoms with Gasteiger partial charge in [-0.05, 0) is 41.5 Å². The number of hydrogen-bond donors (Lipinski definition) is 2. The molecule has 0 radical (unpaired) electrons. The molecular weight excluding hydrogens is 514 g/mol. The van der Waals surface area contributed by atoms with E-state index in [1.165, 1.54) is 31.2 Å². The molecule has 11 heteroatoms. The van der Waals surface area contributed by atoms with Crippen LogP contribution in [-0.2, 0) is 24.3 Å². The van der Waals surface area contributed by atoms with E-state index >= 15 is 0 Å². The highest BCUT2D eigenvalue weighted by Crippen LogP contribution is 2.31. The van der Waals surface area contributed by atoms with Crippen molar-refractivity contribution in [3.63, 3.8) is 0 Å². The lowest BCUT2D eigenvalue weighted by molar-refractivity contribution is -0.136. The maximum Gasteiger partial charge on any atom is 0.339 e. The van der Waals surface area contributed by atoms with Crippen LogP contribution in [0.1, 0.15) is 16.8 Å². The molecule has 9 nitrogen and oxygen atoms in total. The Morgan fingerprint density at radius 2 is 1.73 bits per heavy atom. The van der Waals surface area contributed by atoms with Gasteiger partial charge in [0.25, 0.3) is 0 Å². The Morgan fingerprint density at radius 3 is 2.46 bits per heavy atom. The standard InChI is InChI=1S/C26H27N3O6S2/c1-28(16-24(30)27-22-10-6-5-9-21(22)26(32)35-2)25(31)23-14-19(36)15-29(23)37(33,34)20-12-11-17-7-3-4-8-18(17)13-20/h3-13,19,23,36H,14-16H2,1-2H3,(H,27,30). The molecular formula is C26H27N3O6S2. The van der Waals surface area contributed by atoms with E-state index in [0.29, 0.717) is 0 Å². The fraction of sp³-hybridized carbons (Fsp3) is 0.269. The van der Waals surface area contributed by atoms with Gasteiger partial charge < -0.3 is 15.0 Å². The van der Waals surface area contributed by atoms with Crippen molar-refractivity contribution in [1.29, 1.82) is 0 Å². The first-order valence-corrected chi connectivity index (χ1v) is 13.5. The number of ether oxygens (including phenoxy) is 1. The Balaban J connectivity index is 1.50. The first-order chi connectivity index (χ1) is 17.6. The average molecular weight is 542 g/mol. The van der Waals surface area contributed by atoms with Crippen molar-refractivity contribution in [3.05, 3.63) is 72.3 Å². The number of amides is 2. The molecule has 1 heterocycles. The maximum atomic E-state index is 13.6. The van der Waals surface area contributed by atoms with Crippen molar-refractivity contribution in [3.8, 4) is 0 Å². The molecule has 1 aliphatic rings. The maximum absolute atomic E-state index is 13.6. The summed E-state index contributed by atoms with van der Waals surface area (Å²) < 4.78 is 33.0. The first kappa shape index (κ1) is 26.6. The van der Waals surface area contributed by atoms with Gasteiger partial charge >= 0.3 is 5.97 Å². The number of carbonyl (C=O) groups excluding carboxylic acids is 3. The summed E-state index contributed by atoms with van der Waals surface area (Å²) in [4.78, 5) is 39.3. The van der Waals surface area contributed by atoms with Crippen molar-refractivity contribution < 1.29 is 27.5 Å². The van der Waals surface area contributed by atoms with E-state index in [1.54, 1.807) is 30.3 Å². The van der Waals surface area contributed by atoms with Crippen LogP contribution in [-0.4, -0.2) is 73.9 Å². The lowest BCUT2D eigenvalue weighted by Crippen LogP contribution is -2.48. The third kappa shape index (κ3) is 5.63. The zero-order chi connectivity index (χ0) is 26.7. The first-order valence-electron chi connectivity index (χ1n) is 11.5. The summed E-state index contributed by atoms with van der Waals surface area (Å²) in [6, 6.07) is 17.6. The number of anilines is 1. The van der Waals surface area contributed by atoms with E-state index in [4.69, 9.17) is 4.74 Å². The Kier molecular flexibility index (Phi) is 7.86. The second-order valence-electron chi connectivity index (χ2n) is 8.77. The summed E-state index contributed by atoms with van der Waals surface area (Å²) in [5, 5.41) is 3.96. The smallest absolute Gasteiger partial charge is 0.339 e. The minimum absolute atomic E-state index is 0.0707. The SMILES string of the molecule is COC(=O)c1ccccc1NC(=O)CN(C)C(=O)C1CC(S)CN1S(=O)(=O)c1ccc2ccccc2c1. The number of carbonyl (C=O) groups is 3. The Labute approximate surface area is 220 Å². The minimum atomic E-state index is -4.00. The molecule has 4 rings (SSSR count). The predicted octanol–water partition coefficient (Wildman–Crippen LogP) is 2.78. The van der Waals surface area contributed by atoms with Crippen LogP contribution in [0.15, 0.2) is 71.6 Å². The van der Waals surface area contributed by atoms with E-state index in [2.05, 4.69) is 17.9 Å². The molecule has 0 spiro atoms. The Hall–Kier alpha value is -3.41. The zero-order valence-electron chi connectivity index (χ0n) is 20.3. The topological polar surface area (TPSA) is 113 Å². The van der Waals surface area contributed by atoms with Crippen LogP contribution in [0.25, 0.3) is 10.8 Å². The second-order valence-corrected chi connectivity index (χ2v) is 11.4. The average Bonchev–Trinajstić information content (AvgIpc) is 3.30. The molecule has 0 aromatic heterocycles. The van der Waals surface area contributed by atoms with Gasteiger partial charge in [-0.2, -0.15) is 16.9 Å². The Bertz CT molecular complexity index is 1460. The second kappa shape index (κ2) is 10.9. The minimum Gasteiger partial charge on any atom is -0.465 e. The number of methoxy groups -OCH3 is 1. The number of sulfonamides is 1. The molecule has 0 bridgehead atoms. The molecule has 3 aromatic carbocycles. The monoisotopic (exact) mass is 541 g/mol. The van der Waals surface area contributed by atoms with Crippen LogP contribution >= 0.6 is 12.6 Å². The number of esters is 1. The normalized spacial score (nSPS) is 17.9. The number of thiol groups is 1. The van der Waals surface area contributed by atoms with Gasteiger partial charge in [-0.1, -0.05) is 42.5 Å². The molecule has 37 heavy (non-hydrogen) atoms. The van der Waals surface area contributed by atoms with Crippen molar-refractivity contribution in [1.82, 2.24) is 9.21 Å². The third-order valence-electron chi connectivity index (χ3n) is 6.21. The zero-order valence-corrected chi connectivity index (χ0v) is 22.0. The molecule has 0 saturated carbocycles. The number of para-hydroxylation sites is 1. The number of nitrogens with one attached hydrogen (secondary N) is 1. The van der Waals surface area contributed by atoms with Gasteiger partial charge in [-0.25, -0.2) is 13.2 Å². The van der Waals surface area contributed by atoms with Gasteiger partial charge in [0.1, 0.15) is 6.04 Å². The fourth-order valence-electron chi connectivity index (χ4n) is 4.36. The lowest BCUT2D eigenvalue weighted by atomic mass is 10.1. The molecule has 2 unspecified atom stereocenters. The molecule has 2 amide bonds. The van der Waals surface area contributed by atoms with Gasteiger partial charge in [0.2, 0.25) is 21.8 Å². The molecule has 1 aliphatic heterocycles. The number of fused-ring (bicyclic) bond motifs is 1. The van der Waals surface area contributed by atoms with Crippen molar-refractivity contribution in [2.24, 2.45) is 0 Å². The molecule has 3 aromatic rings. The van der Waals surface area contributed by atoms with E-state index in [0.717, 1.165) is 15.1 Å². The van der Waals surface area contributed by atoms with Crippen molar-refractivity contribution >= 4 is 56.9 Å². The molecule has 0 aliphatic carbocycles. The van der Waals surface area contributed by atoms with E-state index in [-0.39, 0.29) is 40.9 Å². The van der Waals surface area contributed by atoms with Gasteiger partial charge in [0.05, 0.1) is 29.8 Å². The number of likely N-dealkylation sites (N-methyl/N-ethyl adjacent to an activating group) is 1. The fourth-order valence-corrected chi connectivity index (χ4v) is 6.52.